The standard InChI is InChI=1S/C16H15BrClN3O3/c1-20(9-11-2-4-12(17)5-3-11)10-16(22)19-13-6-7-14(18)15(8-13)21(23)24/h2-8H,9-10H2,1H3,(H,19,22). The van der Waals surface area contributed by atoms with Gasteiger partial charge in [0.1, 0.15) is 5.02 Å². The summed E-state index contributed by atoms with van der Waals surface area (Å²) in [6.07, 6.45) is 0. The van der Waals surface area contributed by atoms with E-state index in [2.05, 4.69) is 21.2 Å². The molecule has 0 fully saturated rings. The third-order valence-corrected chi connectivity index (χ3v) is 4.05. The summed E-state index contributed by atoms with van der Waals surface area (Å²) in [5.41, 5.74) is 1.18. The van der Waals surface area contributed by atoms with Crippen molar-refractivity contribution in [3.05, 3.63) is 67.6 Å². The summed E-state index contributed by atoms with van der Waals surface area (Å²) in [6, 6.07) is 12.0. The molecule has 0 spiro atoms. The molecule has 0 saturated heterocycles. The number of benzene rings is 2. The van der Waals surface area contributed by atoms with Gasteiger partial charge in [0.25, 0.3) is 5.69 Å². The van der Waals surface area contributed by atoms with Crippen LogP contribution in [0.1, 0.15) is 5.56 Å². The molecule has 0 bridgehead atoms. The van der Waals surface area contributed by atoms with Gasteiger partial charge in [-0.1, -0.05) is 39.7 Å². The lowest BCUT2D eigenvalue weighted by Crippen LogP contribution is -2.29. The molecule has 0 aliphatic rings. The lowest BCUT2D eigenvalue weighted by Gasteiger charge is -2.16. The van der Waals surface area contributed by atoms with Crippen molar-refractivity contribution in [2.45, 2.75) is 6.54 Å². The Hall–Kier alpha value is -1.96. The number of hydrogen-bond acceptors (Lipinski definition) is 4. The van der Waals surface area contributed by atoms with Gasteiger partial charge in [-0.2, -0.15) is 0 Å². The number of anilines is 1. The van der Waals surface area contributed by atoms with E-state index in [-0.39, 0.29) is 23.2 Å². The average molecular weight is 413 g/mol. The molecule has 0 aliphatic heterocycles. The number of hydrogen-bond donors (Lipinski definition) is 1. The summed E-state index contributed by atoms with van der Waals surface area (Å²) < 4.78 is 0.996. The van der Waals surface area contributed by atoms with Crippen LogP contribution in [0.25, 0.3) is 0 Å². The predicted molar refractivity (Wildman–Crippen MR) is 97.2 cm³/mol. The Morgan fingerprint density at radius 1 is 1.29 bits per heavy atom. The normalized spacial score (nSPS) is 10.7. The SMILES string of the molecule is CN(CC(=O)Nc1ccc(Cl)c([N+](=O)[O-])c1)Cc1ccc(Br)cc1. The zero-order valence-electron chi connectivity index (χ0n) is 12.8. The molecule has 0 unspecified atom stereocenters. The van der Waals surface area contributed by atoms with Crippen LogP contribution in [-0.4, -0.2) is 29.3 Å². The summed E-state index contributed by atoms with van der Waals surface area (Å²) in [5.74, 6) is -0.258. The molecule has 0 heterocycles. The molecule has 8 heteroatoms. The minimum atomic E-state index is -0.586. The van der Waals surface area contributed by atoms with Crippen molar-refractivity contribution < 1.29 is 9.72 Å². The van der Waals surface area contributed by atoms with Gasteiger partial charge in [-0.15, -0.1) is 0 Å². The average Bonchev–Trinajstić information content (AvgIpc) is 2.51. The fourth-order valence-electron chi connectivity index (χ4n) is 2.13. The first-order chi connectivity index (χ1) is 11.3. The molecule has 0 saturated carbocycles. The van der Waals surface area contributed by atoms with Crippen LogP contribution >= 0.6 is 27.5 Å². The van der Waals surface area contributed by atoms with Crippen LogP contribution in [0.5, 0.6) is 0 Å². The van der Waals surface area contributed by atoms with Gasteiger partial charge in [-0.3, -0.25) is 19.8 Å². The van der Waals surface area contributed by atoms with Crippen LogP contribution in [0.2, 0.25) is 5.02 Å². The molecule has 126 valence electrons. The first-order valence-electron chi connectivity index (χ1n) is 7.02. The molecule has 6 nitrogen and oxygen atoms in total. The molecular formula is C16H15BrClN3O3. The predicted octanol–water partition coefficient (Wildman–Crippen LogP) is 4.08. The highest BCUT2D eigenvalue weighted by Crippen LogP contribution is 2.27. The fraction of sp³-hybridized carbons (Fsp3) is 0.188. The molecule has 2 rings (SSSR count). The Morgan fingerprint density at radius 3 is 2.58 bits per heavy atom. The Kier molecular flexibility index (Phi) is 6.30. The van der Waals surface area contributed by atoms with Crippen molar-refractivity contribution in [2.24, 2.45) is 0 Å². The number of nitro groups is 1. The summed E-state index contributed by atoms with van der Waals surface area (Å²) >= 11 is 9.12. The summed E-state index contributed by atoms with van der Waals surface area (Å²) in [5, 5.41) is 13.5. The van der Waals surface area contributed by atoms with Crippen LogP contribution in [0.3, 0.4) is 0 Å². The Balaban J connectivity index is 1.94. The van der Waals surface area contributed by atoms with Gasteiger partial charge in [0.2, 0.25) is 5.91 Å². The van der Waals surface area contributed by atoms with Crippen LogP contribution in [0, 0.1) is 10.1 Å². The van der Waals surface area contributed by atoms with E-state index in [0.29, 0.717) is 12.2 Å². The van der Waals surface area contributed by atoms with Crippen molar-refractivity contribution in [3.63, 3.8) is 0 Å². The van der Waals surface area contributed by atoms with Crippen LogP contribution in [0.15, 0.2) is 46.9 Å². The number of carbonyl (C=O) groups excluding carboxylic acids is 1. The Bertz CT molecular complexity index is 753. The maximum absolute atomic E-state index is 12.1. The smallest absolute Gasteiger partial charge is 0.289 e. The minimum absolute atomic E-state index is 0.0327. The molecule has 2 aromatic rings. The molecule has 1 N–H and O–H groups in total. The first-order valence-corrected chi connectivity index (χ1v) is 8.19. The van der Waals surface area contributed by atoms with Crippen LogP contribution in [0.4, 0.5) is 11.4 Å². The van der Waals surface area contributed by atoms with E-state index in [1.165, 1.54) is 18.2 Å². The van der Waals surface area contributed by atoms with E-state index in [4.69, 9.17) is 11.6 Å². The number of amides is 1. The third kappa shape index (κ3) is 5.30. The van der Waals surface area contributed by atoms with E-state index < -0.39 is 4.92 Å². The zero-order chi connectivity index (χ0) is 17.7. The highest BCUT2D eigenvalue weighted by Gasteiger charge is 2.14. The largest absolute Gasteiger partial charge is 0.325 e. The highest BCUT2D eigenvalue weighted by atomic mass is 79.9. The van der Waals surface area contributed by atoms with Crippen molar-refractivity contribution in [2.75, 3.05) is 18.9 Å². The number of nitro benzene ring substituents is 1. The zero-order valence-corrected chi connectivity index (χ0v) is 15.2. The van der Waals surface area contributed by atoms with Gasteiger partial charge in [0, 0.05) is 22.8 Å². The maximum atomic E-state index is 12.1. The number of nitrogens with zero attached hydrogens (tertiary/aromatic N) is 2. The van der Waals surface area contributed by atoms with Gasteiger partial charge in [-0.25, -0.2) is 0 Å². The van der Waals surface area contributed by atoms with Gasteiger partial charge >= 0.3 is 0 Å². The van der Waals surface area contributed by atoms with E-state index in [1.54, 1.807) is 0 Å². The van der Waals surface area contributed by atoms with Crippen LogP contribution < -0.4 is 5.32 Å². The Labute approximate surface area is 152 Å². The molecule has 0 radical (unpaired) electrons. The van der Waals surface area contributed by atoms with E-state index in [1.807, 2.05) is 36.2 Å². The third-order valence-electron chi connectivity index (χ3n) is 3.21. The van der Waals surface area contributed by atoms with Crippen molar-refractivity contribution in [3.8, 4) is 0 Å². The van der Waals surface area contributed by atoms with E-state index in [0.717, 1.165) is 10.0 Å². The van der Waals surface area contributed by atoms with E-state index in [9.17, 15) is 14.9 Å². The van der Waals surface area contributed by atoms with Gasteiger partial charge in [-0.05, 0) is 36.9 Å². The molecule has 0 atom stereocenters. The Morgan fingerprint density at radius 2 is 1.96 bits per heavy atom. The second-order valence-corrected chi connectivity index (χ2v) is 6.59. The summed E-state index contributed by atoms with van der Waals surface area (Å²) in [4.78, 5) is 24.2. The fourth-order valence-corrected chi connectivity index (χ4v) is 2.58. The number of nitrogens with one attached hydrogen (secondary N) is 1. The van der Waals surface area contributed by atoms with Crippen molar-refractivity contribution in [1.82, 2.24) is 4.90 Å². The molecule has 24 heavy (non-hydrogen) atoms. The topological polar surface area (TPSA) is 75.5 Å². The number of halogens is 2. The second kappa shape index (κ2) is 8.23. The molecule has 0 aliphatic carbocycles. The summed E-state index contributed by atoms with van der Waals surface area (Å²) in [6.45, 7) is 0.772. The monoisotopic (exact) mass is 411 g/mol. The molecule has 1 amide bonds. The first kappa shape index (κ1) is 18.4. The number of carbonyl (C=O) groups is 1. The minimum Gasteiger partial charge on any atom is -0.325 e. The lowest BCUT2D eigenvalue weighted by molar-refractivity contribution is -0.384. The van der Waals surface area contributed by atoms with Gasteiger partial charge < -0.3 is 5.32 Å². The highest BCUT2D eigenvalue weighted by molar-refractivity contribution is 9.10. The maximum Gasteiger partial charge on any atom is 0.289 e. The van der Waals surface area contributed by atoms with E-state index >= 15 is 0 Å². The number of likely N-dealkylation sites (N-methyl/N-ethyl adjacent to an activating group) is 1. The van der Waals surface area contributed by atoms with Crippen molar-refractivity contribution in [1.29, 1.82) is 0 Å². The molecule has 2 aromatic carbocycles. The quantitative estimate of drug-likeness (QED) is 0.573. The van der Waals surface area contributed by atoms with Crippen molar-refractivity contribution >= 4 is 44.8 Å². The van der Waals surface area contributed by atoms with Crippen LogP contribution in [-0.2, 0) is 11.3 Å². The lowest BCUT2D eigenvalue weighted by atomic mass is 10.2. The molecule has 0 aromatic heterocycles. The second-order valence-electron chi connectivity index (χ2n) is 5.27. The van der Waals surface area contributed by atoms with Gasteiger partial charge in [0.05, 0.1) is 11.5 Å². The summed E-state index contributed by atoms with van der Waals surface area (Å²) in [7, 11) is 1.83. The van der Waals surface area contributed by atoms with Gasteiger partial charge in [0.15, 0.2) is 0 Å². The molecular weight excluding hydrogens is 398 g/mol. The number of rotatable bonds is 6.